The molecule has 1 aromatic heterocycles. The first-order valence-corrected chi connectivity index (χ1v) is 8.06. The molecule has 3 nitrogen and oxygen atoms in total. The van der Waals surface area contributed by atoms with Crippen LogP contribution in [-0.2, 0) is 16.6 Å². The zero-order valence-corrected chi connectivity index (χ0v) is 12.0. The summed E-state index contributed by atoms with van der Waals surface area (Å²) in [5.74, 6) is 0. The molecular weight excluding hydrogens is 322 g/mol. The van der Waals surface area contributed by atoms with Gasteiger partial charge in [-0.05, 0) is 46.7 Å². The maximum Gasteiger partial charge on any atom is 0.240 e. The van der Waals surface area contributed by atoms with E-state index in [1.807, 2.05) is 16.8 Å². The molecule has 0 saturated carbocycles. The maximum absolute atomic E-state index is 11.9. The smallest absolute Gasteiger partial charge is 0.207 e. The topological polar surface area (TPSA) is 46.2 Å². The van der Waals surface area contributed by atoms with Gasteiger partial charge in [-0.2, -0.15) is 11.3 Å². The highest BCUT2D eigenvalue weighted by Gasteiger charge is 2.13. The van der Waals surface area contributed by atoms with Crippen LogP contribution < -0.4 is 4.72 Å². The molecule has 0 radical (unpaired) electrons. The Morgan fingerprint density at radius 3 is 2.47 bits per heavy atom. The molecule has 0 atom stereocenters. The van der Waals surface area contributed by atoms with E-state index in [-0.39, 0.29) is 4.90 Å². The lowest BCUT2D eigenvalue weighted by atomic mass is 10.4. The van der Waals surface area contributed by atoms with Crippen LogP contribution in [0.2, 0.25) is 0 Å². The van der Waals surface area contributed by atoms with E-state index in [2.05, 4.69) is 20.7 Å². The molecule has 1 heterocycles. The Hall–Kier alpha value is -0.690. The van der Waals surface area contributed by atoms with Crippen molar-refractivity contribution in [2.45, 2.75) is 11.4 Å². The molecule has 0 fully saturated rings. The minimum absolute atomic E-state index is 0.274. The number of sulfonamides is 1. The predicted octanol–water partition coefficient (Wildman–Crippen LogP) is 2.99. The monoisotopic (exact) mass is 331 g/mol. The second kappa shape index (κ2) is 5.30. The standard InChI is InChI=1S/C11H10BrNO2S2/c12-10-1-3-11(4-2-10)17(14,15)13-7-9-5-6-16-8-9/h1-6,8,13H,7H2. The molecule has 0 amide bonds. The molecule has 0 aliphatic carbocycles. The summed E-state index contributed by atoms with van der Waals surface area (Å²) in [6, 6.07) is 8.45. The molecule has 0 unspecified atom stereocenters. The third-order valence-electron chi connectivity index (χ3n) is 2.17. The number of hydrogen-bond acceptors (Lipinski definition) is 3. The molecule has 90 valence electrons. The van der Waals surface area contributed by atoms with Crippen LogP contribution in [0.1, 0.15) is 5.56 Å². The van der Waals surface area contributed by atoms with Crippen LogP contribution in [0.25, 0.3) is 0 Å². The van der Waals surface area contributed by atoms with Gasteiger partial charge in [-0.15, -0.1) is 0 Å². The first-order chi connectivity index (χ1) is 8.08. The Morgan fingerprint density at radius 1 is 1.18 bits per heavy atom. The molecular formula is C11H10BrNO2S2. The Labute approximate surface area is 113 Å². The molecule has 1 N–H and O–H groups in total. The minimum atomic E-state index is -3.42. The molecule has 0 aliphatic rings. The maximum atomic E-state index is 11.9. The molecule has 17 heavy (non-hydrogen) atoms. The van der Waals surface area contributed by atoms with Crippen molar-refractivity contribution in [3.05, 3.63) is 51.1 Å². The van der Waals surface area contributed by atoms with E-state index < -0.39 is 10.0 Å². The first kappa shape index (κ1) is 12.8. The molecule has 0 aliphatic heterocycles. The van der Waals surface area contributed by atoms with Crippen LogP contribution >= 0.6 is 27.3 Å². The molecule has 2 aromatic rings. The van der Waals surface area contributed by atoms with Crippen molar-refractivity contribution < 1.29 is 8.42 Å². The van der Waals surface area contributed by atoms with Crippen molar-refractivity contribution in [3.63, 3.8) is 0 Å². The summed E-state index contributed by atoms with van der Waals surface area (Å²) >= 11 is 4.82. The third kappa shape index (κ3) is 3.38. The largest absolute Gasteiger partial charge is 0.240 e. The number of benzene rings is 1. The van der Waals surface area contributed by atoms with Crippen molar-refractivity contribution >= 4 is 37.3 Å². The Morgan fingerprint density at radius 2 is 1.88 bits per heavy atom. The highest BCUT2D eigenvalue weighted by molar-refractivity contribution is 9.10. The van der Waals surface area contributed by atoms with Gasteiger partial charge in [0.05, 0.1) is 4.90 Å². The lowest BCUT2D eigenvalue weighted by Gasteiger charge is -2.05. The van der Waals surface area contributed by atoms with Gasteiger partial charge in [0.15, 0.2) is 0 Å². The highest BCUT2D eigenvalue weighted by atomic mass is 79.9. The molecule has 0 bridgehead atoms. The van der Waals surface area contributed by atoms with Gasteiger partial charge in [-0.1, -0.05) is 15.9 Å². The zero-order valence-electron chi connectivity index (χ0n) is 8.76. The van der Waals surface area contributed by atoms with E-state index in [4.69, 9.17) is 0 Å². The van der Waals surface area contributed by atoms with Crippen LogP contribution in [0.15, 0.2) is 50.5 Å². The SMILES string of the molecule is O=S(=O)(NCc1ccsc1)c1ccc(Br)cc1. The number of halogens is 1. The van der Waals surface area contributed by atoms with Crippen LogP contribution in [0.3, 0.4) is 0 Å². The minimum Gasteiger partial charge on any atom is -0.207 e. The van der Waals surface area contributed by atoms with Gasteiger partial charge in [0.25, 0.3) is 0 Å². The third-order valence-corrected chi connectivity index (χ3v) is 4.85. The van der Waals surface area contributed by atoms with E-state index in [0.29, 0.717) is 6.54 Å². The van der Waals surface area contributed by atoms with Gasteiger partial charge in [0, 0.05) is 11.0 Å². The fourth-order valence-corrected chi connectivity index (χ4v) is 3.22. The Bertz CT molecular complexity index is 576. The zero-order chi connectivity index (χ0) is 12.3. The molecule has 0 spiro atoms. The van der Waals surface area contributed by atoms with E-state index in [1.54, 1.807) is 35.6 Å². The quantitative estimate of drug-likeness (QED) is 0.936. The van der Waals surface area contributed by atoms with Crippen LogP contribution in [-0.4, -0.2) is 8.42 Å². The summed E-state index contributed by atoms with van der Waals surface area (Å²) < 4.78 is 27.2. The summed E-state index contributed by atoms with van der Waals surface area (Å²) in [7, 11) is -3.42. The summed E-state index contributed by atoms with van der Waals surface area (Å²) in [6.45, 7) is 0.321. The molecule has 6 heteroatoms. The van der Waals surface area contributed by atoms with Crippen molar-refractivity contribution in [3.8, 4) is 0 Å². The van der Waals surface area contributed by atoms with Crippen molar-refractivity contribution in [1.29, 1.82) is 0 Å². The number of rotatable bonds is 4. The van der Waals surface area contributed by atoms with Crippen molar-refractivity contribution in [2.24, 2.45) is 0 Å². The predicted molar refractivity (Wildman–Crippen MR) is 72.5 cm³/mol. The highest BCUT2D eigenvalue weighted by Crippen LogP contribution is 2.15. The van der Waals surface area contributed by atoms with Crippen LogP contribution in [0.4, 0.5) is 0 Å². The lowest BCUT2D eigenvalue weighted by molar-refractivity contribution is 0.581. The summed E-state index contributed by atoms with van der Waals surface area (Å²) in [5, 5.41) is 3.84. The van der Waals surface area contributed by atoms with Gasteiger partial charge in [-0.25, -0.2) is 13.1 Å². The fourth-order valence-electron chi connectivity index (χ4n) is 1.27. The van der Waals surface area contributed by atoms with Gasteiger partial charge < -0.3 is 0 Å². The average Bonchev–Trinajstić information content (AvgIpc) is 2.80. The van der Waals surface area contributed by atoms with Gasteiger partial charge >= 0.3 is 0 Å². The summed E-state index contributed by atoms with van der Waals surface area (Å²) in [5.41, 5.74) is 0.968. The molecule has 0 saturated heterocycles. The Kier molecular flexibility index (Phi) is 3.98. The first-order valence-electron chi connectivity index (χ1n) is 4.84. The van der Waals surface area contributed by atoms with Crippen LogP contribution in [0, 0.1) is 0 Å². The van der Waals surface area contributed by atoms with Crippen molar-refractivity contribution in [1.82, 2.24) is 4.72 Å². The van der Waals surface area contributed by atoms with Gasteiger partial charge in [0.2, 0.25) is 10.0 Å². The Balaban J connectivity index is 2.11. The van der Waals surface area contributed by atoms with Gasteiger partial charge in [0.1, 0.15) is 0 Å². The second-order valence-corrected chi connectivity index (χ2v) is 6.87. The molecule has 2 rings (SSSR count). The lowest BCUT2D eigenvalue weighted by Crippen LogP contribution is -2.22. The van der Waals surface area contributed by atoms with E-state index >= 15 is 0 Å². The second-order valence-electron chi connectivity index (χ2n) is 3.41. The fraction of sp³-hybridized carbons (Fsp3) is 0.0909. The summed E-state index contributed by atoms with van der Waals surface area (Å²) in [4.78, 5) is 0.274. The number of thiophene rings is 1. The van der Waals surface area contributed by atoms with E-state index in [1.165, 1.54) is 0 Å². The van der Waals surface area contributed by atoms with E-state index in [9.17, 15) is 8.42 Å². The number of hydrogen-bond donors (Lipinski definition) is 1. The van der Waals surface area contributed by atoms with Crippen molar-refractivity contribution in [2.75, 3.05) is 0 Å². The van der Waals surface area contributed by atoms with Crippen LogP contribution in [0.5, 0.6) is 0 Å². The normalized spacial score (nSPS) is 11.6. The number of nitrogens with one attached hydrogen (secondary N) is 1. The summed E-state index contributed by atoms with van der Waals surface area (Å²) in [6.07, 6.45) is 0. The molecule has 1 aromatic carbocycles. The average molecular weight is 332 g/mol. The van der Waals surface area contributed by atoms with Gasteiger partial charge in [-0.3, -0.25) is 0 Å². The van der Waals surface area contributed by atoms with E-state index in [0.717, 1.165) is 10.0 Å².